The molecule has 114 valence electrons. The van der Waals surface area contributed by atoms with E-state index in [1.807, 2.05) is 0 Å². The number of piperidine rings is 1. The summed E-state index contributed by atoms with van der Waals surface area (Å²) in [5.41, 5.74) is 1.76. The number of aryl methyl sites for hydroxylation is 1. The van der Waals surface area contributed by atoms with Crippen molar-refractivity contribution in [2.75, 3.05) is 18.0 Å². The van der Waals surface area contributed by atoms with E-state index in [0.29, 0.717) is 11.1 Å². The second-order valence-electron chi connectivity index (χ2n) is 5.64. The van der Waals surface area contributed by atoms with Crippen LogP contribution in [0.5, 0.6) is 0 Å². The fourth-order valence-electron chi connectivity index (χ4n) is 2.76. The van der Waals surface area contributed by atoms with E-state index in [1.165, 1.54) is 19.9 Å². The molecule has 0 spiro atoms. The zero-order valence-corrected chi connectivity index (χ0v) is 12.7. The van der Waals surface area contributed by atoms with Crippen LogP contribution in [0.25, 0.3) is 0 Å². The average Bonchev–Trinajstić information content (AvgIpc) is 2.41. The third kappa shape index (κ3) is 3.60. The molecule has 1 fully saturated rings. The van der Waals surface area contributed by atoms with E-state index in [9.17, 15) is 14.0 Å². The average molecular weight is 292 g/mol. The Morgan fingerprint density at radius 1 is 1.24 bits per heavy atom. The van der Waals surface area contributed by atoms with Gasteiger partial charge in [0.05, 0.1) is 0 Å². The summed E-state index contributed by atoms with van der Waals surface area (Å²) >= 11 is 0. The second-order valence-corrected chi connectivity index (χ2v) is 5.64. The topological polar surface area (TPSA) is 49.4 Å². The summed E-state index contributed by atoms with van der Waals surface area (Å²) in [7, 11) is 0. The van der Waals surface area contributed by atoms with Crippen LogP contribution in [-0.4, -0.2) is 30.8 Å². The van der Waals surface area contributed by atoms with Crippen LogP contribution in [-0.2, 0) is 4.79 Å². The third-order valence-electron chi connectivity index (χ3n) is 3.90. The number of hydrogen-bond donors (Lipinski definition) is 1. The lowest BCUT2D eigenvalue weighted by Gasteiger charge is -2.35. The summed E-state index contributed by atoms with van der Waals surface area (Å²) in [4.78, 5) is 24.9. The van der Waals surface area contributed by atoms with Gasteiger partial charge in [-0.15, -0.1) is 0 Å². The van der Waals surface area contributed by atoms with Gasteiger partial charge in [0.2, 0.25) is 5.91 Å². The Kier molecular flexibility index (Phi) is 4.60. The molecule has 0 aromatic heterocycles. The Labute approximate surface area is 124 Å². The number of halogens is 1. The first-order valence-electron chi connectivity index (χ1n) is 7.21. The number of anilines is 1. The lowest BCUT2D eigenvalue weighted by Crippen LogP contribution is -2.44. The van der Waals surface area contributed by atoms with Gasteiger partial charge in [-0.05, 0) is 44.4 Å². The van der Waals surface area contributed by atoms with Crippen LogP contribution in [0.15, 0.2) is 12.1 Å². The van der Waals surface area contributed by atoms with E-state index in [-0.39, 0.29) is 23.5 Å². The van der Waals surface area contributed by atoms with Gasteiger partial charge in [-0.2, -0.15) is 0 Å². The maximum Gasteiger partial charge on any atom is 0.217 e. The van der Waals surface area contributed by atoms with Crippen LogP contribution < -0.4 is 10.2 Å². The zero-order chi connectivity index (χ0) is 15.6. The molecule has 0 atom stereocenters. The van der Waals surface area contributed by atoms with E-state index in [0.717, 1.165) is 31.6 Å². The van der Waals surface area contributed by atoms with Crippen molar-refractivity contribution in [1.29, 1.82) is 0 Å². The van der Waals surface area contributed by atoms with Gasteiger partial charge in [0, 0.05) is 37.3 Å². The molecule has 0 radical (unpaired) electrons. The first-order valence-corrected chi connectivity index (χ1v) is 7.21. The molecule has 1 aliphatic rings. The number of rotatable bonds is 3. The number of benzene rings is 1. The van der Waals surface area contributed by atoms with Crippen LogP contribution in [0.1, 0.15) is 42.6 Å². The first kappa shape index (κ1) is 15.5. The fraction of sp³-hybridized carbons (Fsp3) is 0.500. The summed E-state index contributed by atoms with van der Waals surface area (Å²) < 4.78 is 13.7. The van der Waals surface area contributed by atoms with Gasteiger partial charge < -0.3 is 10.2 Å². The molecule has 0 saturated carbocycles. The van der Waals surface area contributed by atoms with Crippen molar-refractivity contribution < 1.29 is 14.0 Å². The lowest BCUT2D eigenvalue weighted by atomic mass is 10.00. The number of ketones is 1. The van der Waals surface area contributed by atoms with E-state index in [1.54, 1.807) is 13.0 Å². The number of amides is 1. The molecule has 1 aromatic carbocycles. The van der Waals surface area contributed by atoms with Crippen LogP contribution >= 0.6 is 0 Å². The van der Waals surface area contributed by atoms with Gasteiger partial charge >= 0.3 is 0 Å². The monoisotopic (exact) mass is 292 g/mol. The molecule has 1 amide bonds. The van der Waals surface area contributed by atoms with Crippen molar-refractivity contribution in [3.63, 3.8) is 0 Å². The minimum absolute atomic E-state index is 0.0181. The normalized spacial score (nSPS) is 15.9. The van der Waals surface area contributed by atoms with E-state index < -0.39 is 0 Å². The highest BCUT2D eigenvalue weighted by Gasteiger charge is 2.23. The van der Waals surface area contributed by atoms with Crippen molar-refractivity contribution in [2.24, 2.45) is 0 Å². The summed E-state index contributed by atoms with van der Waals surface area (Å²) in [5, 5.41) is 2.92. The molecule has 0 unspecified atom stereocenters. The highest BCUT2D eigenvalue weighted by Crippen LogP contribution is 2.27. The summed E-state index contributed by atoms with van der Waals surface area (Å²) in [6.07, 6.45) is 1.65. The second kappa shape index (κ2) is 6.24. The number of Topliss-reactive ketones (excluding diaryl/α,β-unsaturated/α-hetero) is 1. The molecule has 1 aromatic rings. The zero-order valence-electron chi connectivity index (χ0n) is 12.7. The van der Waals surface area contributed by atoms with E-state index in [4.69, 9.17) is 0 Å². The smallest absolute Gasteiger partial charge is 0.217 e. The molecule has 5 heteroatoms. The molecule has 1 N–H and O–H groups in total. The van der Waals surface area contributed by atoms with Gasteiger partial charge in [0.25, 0.3) is 0 Å². The Morgan fingerprint density at radius 2 is 1.86 bits per heavy atom. The fourth-order valence-corrected chi connectivity index (χ4v) is 2.76. The highest BCUT2D eigenvalue weighted by molar-refractivity contribution is 6.00. The van der Waals surface area contributed by atoms with Crippen molar-refractivity contribution in [2.45, 2.75) is 39.7 Å². The Bertz CT molecular complexity index is 564. The molecular weight excluding hydrogens is 271 g/mol. The van der Waals surface area contributed by atoms with Gasteiger partial charge in [-0.25, -0.2) is 4.39 Å². The number of nitrogens with zero attached hydrogens (tertiary/aromatic N) is 1. The minimum atomic E-state index is -0.350. The maximum absolute atomic E-state index is 13.7. The molecule has 21 heavy (non-hydrogen) atoms. The molecule has 0 aliphatic carbocycles. The predicted octanol–water partition coefficient (Wildman–Crippen LogP) is 2.44. The first-order chi connectivity index (χ1) is 9.88. The van der Waals surface area contributed by atoms with Gasteiger partial charge in [-0.1, -0.05) is 0 Å². The maximum atomic E-state index is 13.7. The molecule has 1 heterocycles. The van der Waals surface area contributed by atoms with Crippen LogP contribution in [0.4, 0.5) is 10.1 Å². The molecule has 1 aliphatic heterocycles. The summed E-state index contributed by atoms with van der Waals surface area (Å²) in [5.74, 6) is -0.500. The third-order valence-corrected chi connectivity index (χ3v) is 3.90. The van der Waals surface area contributed by atoms with Crippen molar-refractivity contribution in [3.8, 4) is 0 Å². The van der Waals surface area contributed by atoms with Crippen molar-refractivity contribution in [1.82, 2.24) is 5.32 Å². The SMILES string of the molecule is CC(=O)NC1CCN(c2cc(C)c(F)cc2C(C)=O)CC1. The lowest BCUT2D eigenvalue weighted by molar-refractivity contribution is -0.119. The van der Waals surface area contributed by atoms with Crippen LogP contribution in [0.3, 0.4) is 0 Å². The van der Waals surface area contributed by atoms with Crippen LogP contribution in [0.2, 0.25) is 0 Å². The minimum Gasteiger partial charge on any atom is -0.371 e. The molecule has 2 rings (SSSR count). The summed E-state index contributed by atoms with van der Waals surface area (Å²) in [6, 6.07) is 3.25. The van der Waals surface area contributed by atoms with Crippen molar-refractivity contribution in [3.05, 3.63) is 29.1 Å². The largest absolute Gasteiger partial charge is 0.371 e. The predicted molar refractivity (Wildman–Crippen MR) is 80.2 cm³/mol. The number of nitrogens with one attached hydrogen (secondary N) is 1. The Balaban J connectivity index is 2.18. The molecule has 4 nitrogen and oxygen atoms in total. The quantitative estimate of drug-likeness (QED) is 0.871. The van der Waals surface area contributed by atoms with Crippen LogP contribution in [0, 0.1) is 12.7 Å². The summed E-state index contributed by atoms with van der Waals surface area (Å²) in [6.45, 7) is 6.17. The molecular formula is C16H21FN2O2. The number of carbonyl (C=O) groups is 2. The van der Waals surface area contributed by atoms with E-state index in [2.05, 4.69) is 10.2 Å². The standard InChI is InChI=1S/C16H21FN2O2/c1-10-8-16(14(11(2)20)9-15(10)17)19-6-4-13(5-7-19)18-12(3)21/h8-9,13H,4-7H2,1-3H3,(H,18,21). The number of hydrogen-bond acceptors (Lipinski definition) is 3. The van der Waals surface area contributed by atoms with Crippen molar-refractivity contribution >= 4 is 17.4 Å². The highest BCUT2D eigenvalue weighted by atomic mass is 19.1. The Hall–Kier alpha value is -1.91. The molecule has 0 bridgehead atoms. The molecule has 1 saturated heterocycles. The van der Waals surface area contributed by atoms with Gasteiger partial charge in [0.1, 0.15) is 5.82 Å². The Morgan fingerprint density at radius 3 is 2.38 bits per heavy atom. The van der Waals surface area contributed by atoms with Gasteiger partial charge in [0.15, 0.2) is 5.78 Å². The number of carbonyl (C=O) groups excluding carboxylic acids is 2. The van der Waals surface area contributed by atoms with Gasteiger partial charge in [-0.3, -0.25) is 9.59 Å². The van der Waals surface area contributed by atoms with E-state index >= 15 is 0 Å².